The number of nitrogen functional groups attached to an aromatic ring is 1. The Balaban J connectivity index is 1.96. The molecule has 3 aromatic carbocycles. The summed E-state index contributed by atoms with van der Waals surface area (Å²) >= 11 is 0. The molecule has 1 unspecified atom stereocenters. The first kappa shape index (κ1) is 25.6. The van der Waals surface area contributed by atoms with E-state index in [9.17, 15) is 15.3 Å². The molecule has 0 aliphatic rings. The van der Waals surface area contributed by atoms with Crippen LogP contribution in [0.4, 0.5) is 17.1 Å². The lowest BCUT2D eigenvalue weighted by molar-refractivity contribution is 0.281. The zero-order chi connectivity index (χ0) is 24.3. The van der Waals surface area contributed by atoms with E-state index in [1.165, 1.54) is 5.56 Å². The van der Waals surface area contributed by atoms with Crippen molar-refractivity contribution in [2.75, 3.05) is 61.5 Å². The Morgan fingerprint density at radius 1 is 0.588 bits per heavy atom. The molecule has 0 bridgehead atoms. The van der Waals surface area contributed by atoms with Crippen molar-refractivity contribution < 1.29 is 15.3 Å². The molecule has 0 radical (unpaired) electrons. The molecule has 182 valence electrons. The van der Waals surface area contributed by atoms with E-state index in [-0.39, 0.29) is 25.7 Å². The molecule has 6 heteroatoms. The van der Waals surface area contributed by atoms with Crippen molar-refractivity contribution in [2.45, 2.75) is 19.3 Å². The van der Waals surface area contributed by atoms with Crippen LogP contribution < -0.4 is 15.5 Å². The van der Waals surface area contributed by atoms with Crippen molar-refractivity contribution in [2.24, 2.45) is 0 Å². The van der Waals surface area contributed by atoms with E-state index in [0.717, 1.165) is 41.2 Å². The molecule has 34 heavy (non-hydrogen) atoms. The van der Waals surface area contributed by atoms with Gasteiger partial charge in [-0.2, -0.15) is 0 Å². The van der Waals surface area contributed by atoms with Crippen molar-refractivity contribution in [1.29, 1.82) is 0 Å². The quantitative estimate of drug-likeness (QED) is 0.229. The largest absolute Gasteiger partial charge is 0.399 e. The molecule has 6 nitrogen and oxygen atoms in total. The highest BCUT2D eigenvalue weighted by Gasteiger charge is 2.18. The summed E-state index contributed by atoms with van der Waals surface area (Å²) in [5.41, 5.74) is 12.2. The SMILES string of the molecule is CCCN(CCO)c1ccc(C(c2ccc(N)cc2)c2ccc(N(CCO)CCO)cc2)cc1. The number of anilines is 3. The molecule has 5 N–H and O–H groups in total. The molecule has 0 aliphatic carbocycles. The highest BCUT2D eigenvalue weighted by atomic mass is 16.3. The first-order valence-corrected chi connectivity index (χ1v) is 12.0. The predicted molar refractivity (Wildman–Crippen MR) is 141 cm³/mol. The minimum atomic E-state index is 0.0327. The summed E-state index contributed by atoms with van der Waals surface area (Å²) in [6.45, 7) is 4.82. The van der Waals surface area contributed by atoms with Gasteiger partial charge in [0.1, 0.15) is 0 Å². The summed E-state index contributed by atoms with van der Waals surface area (Å²) in [5, 5.41) is 28.2. The van der Waals surface area contributed by atoms with Gasteiger partial charge in [-0.25, -0.2) is 0 Å². The van der Waals surface area contributed by atoms with Crippen LogP contribution in [0.15, 0.2) is 72.8 Å². The first-order chi connectivity index (χ1) is 16.6. The van der Waals surface area contributed by atoms with Gasteiger partial charge in [-0.3, -0.25) is 0 Å². The lowest BCUT2D eigenvalue weighted by atomic mass is 9.85. The summed E-state index contributed by atoms with van der Waals surface area (Å²) in [6, 6.07) is 24.9. The van der Waals surface area contributed by atoms with Gasteiger partial charge in [-0.1, -0.05) is 43.3 Å². The molecule has 0 saturated heterocycles. The third-order valence-electron chi connectivity index (χ3n) is 6.06. The highest BCUT2D eigenvalue weighted by molar-refractivity contribution is 5.55. The number of hydrogen-bond acceptors (Lipinski definition) is 6. The minimum Gasteiger partial charge on any atom is -0.399 e. The number of aliphatic hydroxyl groups is 3. The monoisotopic (exact) mass is 463 g/mol. The van der Waals surface area contributed by atoms with E-state index >= 15 is 0 Å². The fraction of sp³-hybridized carbons (Fsp3) is 0.357. The number of rotatable bonds is 13. The number of benzene rings is 3. The fourth-order valence-electron chi connectivity index (χ4n) is 4.39. The lowest BCUT2D eigenvalue weighted by Crippen LogP contribution is -2.29. The molecule has 0 amide bonds. The van der Waals surface area contributed by atoms with E-state index in [4.69, 9.17) is 5.73 Å². The van der Waals surface area contributed by atoms with Crippen LogP contribution in [0, 0.1) is 0 Å². The third kappa shape index (κ3) is 6.50. The van der Waals surface area contributed by atoms with Gasteiger partial charge in [0, 0.05) is 49.2 Å². The molecule has 0 heterocycles. The van der Waals surface area contributed by atoms with Gasteiger partial charge in [0.25, 0.3) is 0 Å². The molecular weight excluding hydrogens is 426 g/mol. The van der Waals surface area contributed by atoms with Crippen molar-refractivity contribution in [3.8, 4) is 0 Å². The Hall–Kier alpha value is -3.06. The number of nitrogens with zero attached hydrogens (tertiary/aromatic N) is 2. The molecule has 0 aliphatic heterocycles. The number of hydrogen-bond donors (Lipinski definition) is 4. The molecule has 0 saturated carbocycles. The molecule has 1 atom stereocenters. The minimum absolute atomic E-state index is 0.0327. The Morgan fingerprint density at radius 3 is 1.29 bits per heavy atom. The van der Waals surface area contributed by atoms with Gasteiger partial charge >= 0.3 is 0 Å². The molecule has 0 spiro atoms. The van der Waals surface area contributed by atoms with Gasteiger partial charge in [0.2, 0.25) is 0 Å². The molecule has 3 rings (SSSR count). The maximum Gasteiger partial charge on any atom is 0.0606 e. The zero-order valence-electron chi connectivity index (χ0n) is 20.0. The average molecular weight is 464 g/mol. The predicted octanol–water partition coefficient (Wildman–Crippen LogP) is 3.45. The fourth-order valence-corrected chi connectivity index (χ4v) is 4.39. The van der Waals surface area contributed by atoms with E-state index in [1.54, 1.807) is 0 Å². The van der Waals surface area contributed by atoms with Crippen LogP contribution in [0.5, 0.6) is 0 Å². The maximum atomic E-state index is 9.43. The first-order valence-electron chi connectivity index (χ1n) is 12.0. The van der Waals surface area contributed by atoms with E-state index in [2.05, 4.69) is 60.4 Å². The Morgan fingerprint density at radius 2 is 0.941 bits per heavy atom. The van der Waals surface area contributed by atoms with E-state index in [1.807, 2.05) is 29.2 Å². The van der Waals surface area contributed by atoms with Crippen LogP contribution in [-0.4, -0.2) is 61.3 Å². The Bertz CT molecular complexity index is 904. The summed E-state index contributed by atoms with van der Waals surface area (Å²) in [7, 11) is 0. The van der Waals surface area contributed by atoms with E-state index in [0.29, 0.717) is 19.6 Å². The second kappa shape index (κ2) is 13.0. The van der Waals surface area contributed by atoms with Crippen LogP contribution >= 0.6 is 0 Å². The second-order valence-corrected chi connectivity index (χ2v) is 8.43. The van der Waals surface area contributed by atoms with Crippen LogP contribution in [0.1, 0.15) is 36.0 Å². The maximum absolute atomic E-state index is 9.43. The van der Waals surface area contributed by atoms with Crippen LogP contribution in [0.2, 0.25) is 0 Å². The topological polar surface area (TPSA) is 93.2 Å². The molecule has 3 aromatic rings. The Labute approximate surface area is 202 Å². The number of nitrogens with two attached hydrogens (primary N) is 1. The van der Waals surface area contributed by atoms with Gasteiger partial charge in [0.05, 0.1) is 19.8 Å². The molecular formula is C28H37N3O3. The van der Waals surface area contributed by atoms with Crippen LogP contribution in [-0.2, 0) is 0 Å². The Kier molecular flexibility index (Phi) is 9.76. The molecule has 0 fully saturated rings. The van der Waals surface area contributed by atoms with Crippen LogP contribution in [0.3, 0.4) is 0 Å². The van der Waals surface area contributed by atoms with Gasteiger partial charge in [-0.05, 0) is 59.5 Å². The summed E-state index contributed by atoms with van der Waals surface area (Å²) < 4.78 is 0. The van der Waals surface area contributed by atoms with Crippen molar-refractivity contribution >= 4 is 17.1 Å². The summed E-state index contributed by atoms with van der Waals surface area (Å²) in [5.74, 6) is 0.0327. The normalized spacial score (nSPS) is 11.9. The number of aliphatic hydroxyl groups excluding tert-OH is 3. The second-order valence-electron chi connectivity index (χ2n) is 8.43. The van der Waals surface area contributed by atoms with Crippen molar-refractivity contribution in [1.82, 2.24) is 0 Å². The van der Waals surface area contributed by atoms with Gasteiger partial charge in [-0.15, -0.1) is 0 Å². The van der Waals surface area contributed by atoms with Gasteiger partial charge in [0.15, 0.2) is 0 Å². The van der Waals surface area contributed by atoms with Crippen molar-refractivity contribution in [3.05, 3.63) is 89.5 Å². The third-order valence-corrected chi connectivity index (χ3v) is 6.06. The summed E-state index contributed by atoms with van der Waals surface area (Å²) in [4.78, 5) is 4.17. The standard InChI is InChI=1S/C28H37N3O3/c1-2-15-30(16-19-32)26-11-5-23(6-12-26)28(22-3-9-25(29)10-4-22)24-7-13-27(14-8-24)31(17-20-33)18-21-34/h3-14,28,32-34H,2,15-21,29H2,1H3. The average Bonchev–Trinajstić information content (AvgIpc) is 2.86. The highest BCUT2D eigenvalue weighted by Crippen LogP contribution is 2.34. The van der Waals surface area contributed by atoms with Crippen molar-refractivity contribution in [3.63, 3.8) is 0 Å². The van der Waals surface area contributed by atoms with Crippen LogP contribution in [0.25, 0.3) is 0 Å². The smallest absolute Gasteiger partial charge is 0.0606 e. The summed E-state index contributed by atoms with van der Waals surface area (Å²) in [6.07, 6.45) is 1.02. The lowest BCUT2D eigenvalue weighted by Gasteiger charge is -2.26. The molecule has 0 aromatic heterocycles. The zero-order valence-corrected chi connectivity index (χ0v) is 20.0. The van der Waals surface area contributed by atoms with E-state index < -0.39 is 0 Å². The van der Waals surface area contributed by atoms with Gasteiger partial charge < -0.3 is 30.9 Å².